The van der Waals surface area contributed by atoms with Crippen LogP contribution < -0.4 is 5.32 Å². The first-order valence-electron chi connectivity index (χ1n) is 8.55. The van der Waals surface area contributed by atoms with Gasteiger partial charge in [0.25, 0.3) is 5.91 Å². The van der Waals surface area contributed by atoms with Gasteiger partial charge >= 0.3 is 5.69 Å². The molecular formula is C18H20N6O3. The molecule has 1 N–H and O–H groups in total. The van der Waals surface area contributed by atoms with Gasteiger partial charge in [-0.25, -0.2) is 0 Å². The summed E-state index contributed by atoms with van der Waals surface area (Å²) in [5.41, 5.74) is 2.40. The highest BCUT2D eigenvalue weighted by atomic mass is 16.6. The molecule has 0 aliphatic heterocycles. The SMILES string of the molecule is Cc1ccn(CCCNC(=O)c2ccc(Cn3cc([N+](=O)[O-])cn3)cc2)n1. The molecule has 9 heteroatoms. The minimum atomic E-state index is -0.482. The minimum Gasteiger partial charge on any atom is -0.352 e. The largest absolute Gasteiger partial charge is 0.352 e. The Morgan fingerprint density at radius 1 is 1.22 bits per heavy atom. The molecule has 0 aliphatic carbocycles. The third-order valence-corrected chi connectivity index (χ3v) is 4.01. The zero-order chi connectivity index (χ0) is 19.2. The second-order valence-corrected chi connectivity index (χ2v) is 6.18. The average molecular weight is 368 g/mol. The van der Waals surface area contributed by atoms with Crippen molar-refractivity contribution in [1.29, 1.82) is 0 Å². The maximum absolute atomic E-state index is 12.2. The monoisotopic (exact) mass is 368 g/mol. The van der Waals surface area contributed by atoms with Crippen molar-refractivity contribution in [3.05, 3.63) is 75.9 Å². The number of nitrogens with one attached hydrogen (secondary N) is 1. The summed E-state index contributed by atoms with van der Waals surface area (Å²) in [6, 6.07) is 9.05. The fourth-order valence-corrected chi connectivity index (χ4v) is 2.61. The van der Waals surface area contributed by atoms with Crippen LogP contribution in [-0.2, 0) is 13.1 Å². The summed E-state index contributed by atoms with van der Waals surface area (Å²) >= 11 is 0. The predicted octanol–water partition coefficient (Wildman–Crippen LogP) is 2.16. The molecule has 9 nitrogen and oxygen atoms in total. The van der Waals surface area contributed by atoms with Crippen LogP contribution in [0.3, 0.4) is 0 Å². The van der Waals surface area contributed by atoms with Crippen molar-refractivity contribution in [2.45, 2.75) is 26.4 Å². The van der Waals surface area contributed by atoms with Gasteiger partial charge in [0.15, 0.2) is 0 Å². The van der Waals surface area contributed by atoms with E-state index in [0.717, 1.165) is 24.2 Å². The van der Waals surface area contributed by atoms with E-state index in [1.54, 1.807) is 12.1 Å². The van der Waals surface area contributed by atoms with Gasteiger partial charge in [0.1, 0.15) is 12.4 Å². The molecule has 27 heavy (non-hydrogen) atoms. The Hall–Kier alpha value is -3.49. The number of benzene rings is 1. The van der Waals surface area contributed by atoms with Gasteiger partial charge in [-0.05, 0) is 37.1 Å². The molecule has 0 bridgehead atoms. The van der Waals surface area contributed by atoms with Crippen molar-refractivity contribution in [2.75, 3.05) is 6.54 Å². The summed E-state index contributed by atoms with van der Waals surface area (Å²) in [5.74, 6) is -0.132. The van der Waals surface area contributed by atoms with E-state index >= 15 is 0 Å². The lowest BCUT2D eigenvalue weighted by Gasteiger charge is -2.07. The number of carbonyl (C=O) groups is 1. The standard InChI is InChI=1S/C18H20N6O3/c1-14-7-10-22(21-14)9-2-8-19-18(25)16-5-3-15(4-6-16)12-23-13-17(11-20-23)24(26)27/h3-7,10-11,13H,2,8-9,12H2,1H3,(H,19,25). The normalized spacial score (nSPS) is 10.7. The Morgan fingerprint density at radius 3 is 2.63 bits per heavy atom. The number of aromatic nitrogens is 4. The first kappa shape index (κ1) is 18.3. The van der Waals surface area contributed by atoms with Crippen molar-refractivity contribution in [2.24, 2.45) is 0 Å². The third kappa shape index (κ3) is 5.00. The summed E-state index contributed by atoms with van der Waals surface area (Å²) in [4.78, 5) is 22.4. The van der Waals surface area contributed by atoms with Crippen LogP contribution in [0, 0.1) is 17.0 Å². The van der Waals surface area contributed by atoms with Crippen LogP contribution in [0.25, 0.3) is 0 Å². The fourth-order valence-electron chi connectivity index (χ4n) is 2.61. The molecule has 0 atom stereocenters. The van der Waals surface area contributed by atoms with Crippen LogP contribution >= 0.6 is 0 Å². The maximum Gasteiger partial charge on any atom is 0.307 e. The fraction of sp³-hybridized carbons (Fsp3) is 0.278. The molecule has 0 fully saturated rings. The highest BCUT2D eigenvalue weighted by molar-refractivity contribution is 5.94. The Labute approximate surface area is 155 Å². The number of carbonyl (C=O) groups excluding carboxylic acids is 1. The number of hydrogen-bond donors (Lipinski definition) is 1. The van der Waals surface area contributed by atoms with E-state index in [-0.39, 0.29) is 11.6 Å². The van der Waals surface area contributed by atoms with Gasteiger partial charge in [-0.1, -0.05) is 12.1 Å². The molecular weight excluding hydrogens is 348 g/mol. The molecule has 2 heterocycles. The first-order valence-corrected chi connectivity index (χ1v) is 8.55. The minimum absolute atomic E-state index is 0.0451. The van der Waals surface area contributed by atoms with Gasteiger partial charge in [0, 0.05) is 24.8 Å². The van der Waals surface area contributed by atoms with E-state index < -0.39 is 4.92 Å². The molecule has 0 saturated carbocycles. The molecule has 2 aromatic heterocycles. The molecule has 140 valence electrons. The molecule has 1 amide bonds. The number of rotatable bonds is 8. The number of hydrogen-bond acceptors (Lipinski definition) is 5. The van der Waals surface area contributed by atoms with Crippen molar-refractivity contribution in [3.63, 3.8) is 0 Å². The molecule has 0 radical (unpaired) electrons. The quantitative estimate of drug-likeness (QED) is 0.372. The summed E-state index contributed by atoms with van der Waals surface area (Å²) < 4.78 is 3.35. The van der Waals surface area contributed by atoms with Gasteiger partial charge < -0.3 is 5.32 Å². The lowest BCUT2D eigenvalue weighted by Crippen LogP contribution is -2.25. The van der Waals surface area contributed by atoms with E-state index in [0.29, 0.717) is 18.7 Å². The molecule has 0 saturated heterocycles. The molecule has 3 aromatic rings. The van der Waals surface area contributed by atoms with Gasteiger partial charge in [-0.3, -0.25) is 24.3 Å². The van der Waals surface area contributed by atoms with Crippen LogP contribution in [0.2, 0.25) is 0 Å². The van der Waals surface area contributed by atoms with Crippen molar-refractivity contribution >= 4 is 11.6 Å². The van der Waals surface area contributed by atoms with Gasteiger partial charge in [0.05, 0.1) is 17.2 Å². The summed E-state index contributed by atoms with van der Waals surface area (Å²) in [6.45, 7) is 3.66. The maximum atomic E-state index is 12.2. The van der Waals surface area contributed by atoms with E-state index in [2.05, 4.69) is 15.5 Å². The summed E-state index contributed by atoms with van der Waals surface area (Å²) in [7, 11) is 0. The van der Waals surface area contributed by atoms with Crippen LogP contribution in [0.15, 0.2) is 48.9 Å². The Bertz CT molecular complexity index is 929. The van der Waals surface area contributed by atoms with Crippen molar-refractivity contribution in [3.8, 4) is 0 Å². The third-order valence-electron chi connectivity index (χ3n) is 4.01. The highest BCUT2D eigenvalue weighted by Gasteiger charge is 2.09. The van der Waals surface area contributed by atoms with Crippen LogP contribution in [-0.4, -0.2) is 36.9 Å². The van der Waals surface area contributed by atoms with E-state index in [1.807, 2.05) is 36.0 Å². The molecule has 3 rings (SSSR count). The first-order chi connectivity index (χ1) is 13.0. The molecule has 0 spiro atoms. The Kier molecular flexibility index (Phi) is 5.60. The molecule has 1 aromatic carbocycles. The predicted molar refractivity (Wildman–Crippen MR) is 98.3 cm³/mol. The second kappa shape index (κ2) is 8.26. The summed E-state index contributed by atoms with van der Waals surface area (Å²) in [6.07, 6.45) is 5.31. The number of amides is 1. The average Bonchev–Trinajstić information content (AvgIpc) is 3.28. The van der Waals surface area contributed by atoms with Gasteiger partial charge in [-0.15, -0.1) is 0 Å². The van der Waals surface area contributed by atoms with Crippen molar-refractivity contribution in [1.82, 2.24) is 24.9 Å². The van der Waals surface area contributed by atoms with Crippen LogP contribution in [0.4, 0.5) is 5.69 Å². The van der Waals surface area contributed by atoms with E-state index in [9.17, 15) is 14.9 Å². The zero-order valence-electron chi connectivity index (χ0n) is 14.9. The van der Waals surface area contributed by atoms with E-state index in [4.69, 9.17) is 0 Å². The lowest BCUT2D eigenvalue weighted by atomic mass is 10.1. The lowest BCUT2D eigenvalue weighted by molar-refractivity contribution is -0.385. The zero-order valence-corrected chi connectivity index (χ0v) is 14.9. The smallest absolute Gasteiger partial charge is 0.307 e. The Balaban J connectivity index is 1.47. The second-order valence-electron chi connectivity index (χ2n) is 6.18. The van der Waals surface area contributed by atoms with Gasteiger partial charge in [-0.2, -0.15) is 10.2 Å². The molecule has 0 unspecified atom stereocenters. The number of nitro groups is 1. The summed E-state index contributed by atoms with van der Waals surface area (Å²) in [5, 5.41) is 21.8. The number of aryl methyl sites for hydroxylation is 2. The Morgan fingerprint density at radius 2 is 2.00 bits per heavy atom. The molecule has 0 aliphatic rings. The van der Waals surface area contributed by atoms with Gasteiger partial charge in [0.2, 0.25) is 0 Å². The van der Waals surface area contributed by atoms with Crippen molar-refractivity contribution < 1.29 is 9.72 Å². The van der Waals surface area contributed by atoms with Crippen LogP contribution in [0.1, 0.15) is 28.0 Å². The van der Waals surface area contributed by atoms with Crippen LogP contribution in [0.5, 0.6) is 0 Å². The topological polar surface area (TPSA) is 108 Å². The highest BCUT2D eigenvalue weighted by Crippen LogP contribution is 2.11. The van der Waals surface area contributed by atoms with E-state index in [1.165, 1.54) is 17.1 Å². The number of nitrogens with zero attached hydrogens (tertiary/aromatic N) is 5.